The minimum Gasteiger partial charge on any atom is -0.504 e. The van der Waals surface area contributed by atoms with Crippen LogP contribution in [0.4, 0.5) is 0 Å². The highest BCUT2D eigenvalue weighted by Gasteiger charge is 2.15. The largest absolute Gasteiger partial charge is 0.504 e. The predicted octanol–water partition coefficient (Wildman–Crippen LogP) is 0.0912. The van der Waals surface area contributed by atoms with Crippen molar-refractivity contribution in [3.05, 3.63) is 12.1 Å². The van der Waals surface area contributed by atoms with Crippen LogP contribution in [0, 0.1) is 0 Å². The molecule has 0 amide bonds. The SMILES string of the molecule is O=CO.Oc1ccc2c(c(O)nn2O)c1O. The first kappa shape index (κ1) is 11.4. The van der Waals surface area contributed by atoms with Gasteiger partial charge in [-0.3, -0.25) is 4.79 Å². The number of benzene rings is 1. The fraction of sp³-hybridized carbons (Fsp3) is 0. The summed E-state index contributed by atoms with van der Waals surface area (Å²) in [4.78, 5) is 8.78. The van der Waals surface area contributed by atoms with Crippen LogP contribution in [-0.4, -0.2) is 42.0 Å². The van der Waals surface area contributed by atoms with Crippen LogP contribution in [0.1, 0.15) is 0 Å². The third kappa shape index (κ3) is 1.75. The van der Waals surface area contributed by atoms with Crippen LogP contribution in [0.25, 0.3) is 10.9 Å². The van der Waals surface area contributed by atoms with E-state index in [0.717, 1.165) is 0 Å². The Hall–Kier alpha value is -2.64. The number of nitrogens with zero attached hydrogens (tertiary/aromatic N) is 2. The fourth-order valence-corrected chi connectivity index (χ4v) is 1.15. The average molecular weight is 228 g/mol. The van der Waals surface area contributed by atoms with E-state index in [0.29, 0.717) is 4.85 Å². The molecule has 0 saturated heterocycles. The van der Waals surface area contributed by atoms with Crippen LogP contribution in [0.3, 0.4) is 0 Å². The van der Waals surface area contributed by atoms with Gasteiger partial charge in [0.1, 0.15) is 10.9 Å². The van der Waals surface area contributed by atoms with Crippen LogP contribution in [0.15, 0.2) is 12.1 Å². The van der Waals surface area contributed by atoms with Gasteiger partial charge in [0.15, 0.2) is 11.5 Å². The van der Waals surface area contributed by atoms with Crippen molar-refractivity contribution >= 4 is 17.4 Å². The van der Waals surface area contributed by atoms with Crippen molar-refractivity contribution in [1.82, 2.24) is 9.94 Å². The van der Waals surface area contributed by atoms with Gasteiger partial charge in [0.2, 0.25) is 5.88 Å². The smallest absolute Gasteiger partial charge is 0.290 e. The molecule has 1 heterocycles. The van der Waals surface area contributed by atoms with Crippen molar-refractivity contribution in [2.45, 2.75) is 0 Å². The fourth-order valence-electron chi connectivity index (χ4n) is 1.15. The van der Waals surface area contributed by atoms with E-state index < -0.39 is 11.6 Å². The lowest BCUT2D eigenvalue weighted by Gasteiger charge is -1.97. The number of phenols is 2. The van der Waals surface area contributed by atoms with Crippen molar-refractivity contribution in [2.24, 2.45) is 0 Å². The van der Waals surface area contributed by atoms with Gasteiger partial charge in [-0.25, -0.2) is 0 Å². The Morgan fingerprint density at radius 2 is 1.81 bits per heavy atom. The molecule has 5 N–H and O–H groups in total. The lowest BCUT2D eigenvalue weighted by atomic mass is 10.2. The first-order valence-electron chi connectivity index (χ1n) is 3.92. The molecule has 8 heteroatoms. The maximum atomic E-state index is 9.28. The Morgan fingerprint density at radius 1 is 1.25 bits per heavy atom. The predicted molar refractivity (Wildman–Crippen MR) is 50.6 cm³/mol. The topological polar surface area (TPSA) is 136 Å². The molecular formula is C8H8N2O6. The van der Waals surface area contributed by atoms with E-state index in [2.05, 4.69) is 5.10 Å². The van der Waals surface area contributed by atoms with E-state index in [1.807, 2.05) is 0 Å². The van der Waals surface area contributed by atoms with Gasteiger partial charge in [0.25, 0.3) is 6.47 Å². The number of hydrogen-bond donors (Lipinski definition) is 5. The van der Waals surface area contributed by atoms with E-state index in [1.54, 1.807) is 0 Å². The molecule has 1 aromatic carbocycles. The van der Waals surface area contributed by atoms with Gasteiger partial charge >= 0.3 is 0 Å². The number of hydrogen-bond acceptors (Lipinski definition) is 6. The van der Waals surface area contributed by atoms with Gasteiger partial charge in [-0.2, -0.15) is 0 Å². The first-order chi connectivity index (χ1) is 7.52. The third-order valence-electron chi connectivity index (χ3n) is 1.76. The average Bonchev–Trinajstić information content (AvgIpc) is 2.50. The van der Waals surface area contributed by atoms with Crippen LogP contribution in [0.5, 0.6) is 17.4 Å². The van der Waals surface area contributed by atoms with Crippen molar-refractivity contribution in [3.63, 3.8) is 0 Å². The molecule has 0 aliphatic heterocycles. The van der Waals surface area contributed by atoms with Crippen LogP contribution in [0.2, 0.25) is 0 Å². The zero-order chi connectivity index (χ0) is 12.3. The molecule has 0 unspecified atom stereocenters. The minimum absolute atomic E-state index is 0.0810. The minimum atomic E-state index is -0.536. The number of rotatable bonds is 0. The highest BCUT2D eigenvalue weighted by molar-refractivity contribution is 5.92. The van der Waals surface area contributed by atoms with Crippen molar-refractivity contribution in [1.29, 1.82) is 0 Å². The summed E-state index contributed by atoms with van der Waals surface area (Å²) in [6, 6.07) is 2.50. The Balaban J connectivity index is 0.000000386. The molecule has 2 aromatic rings. The number of carboxylic acid groups (broad SMARTS) is 1. The molecule has 1 aromatic heterocycles. The van der Waals surface area contributed by atoms with Crippen molar-refractivity contribution < 1.29 is 30.4 Å². The maximum absolute atomic E-state index is 9.28. The van der Waals surface area contributed by atoms with Crippen LogP contribution < -0.4 is 0 Å². The van der Waals surface area contributed by atoms with E-state index in [9.17, 15) is 5.11 Å². The molecule has 0 bridgehead atoms. The molecule has 0 fully saturated rings. The van der Waals surface area contributed by atoms with Gasteiger partial charge in [-0.15, -0.1) is 0 Å². The second-order valence-electron chi connectivity index (χ2n) is 2.65. The molecule has 16 heavy (non-hydrogen) atoms. The Labute approximate surface area is 88.2 Å². The summed E-state index contributed by atoms with van der Waals surface area (Å²) in [5.41, 5.74) is 0.118. The number of aromatic hydroxyl groups is 3. The summed E-state index contributed by atoms with van der Waals surface area (Å²) in [6.45, 7) is -0.250. The lowest BCUT2D eigenvalue weighted by molar-refractivity contribution is -0.122. The quantitative estimate of drug-likeness (QED) is 0.245. The highest BCUT2D eigenvalue weighted by Crippen LogP contribution is 2.37. The summed E-state index contributed by atoms with van der Waals surface area (Å²) < 4.78 is 0. The Bertz CT molecular complexity index is 521. The molecule has 8 nitrogen and oxygen atoms in total. The van der Waals surface area contributed by atoms with Gasteiger partial charge in [-0.1, -0.05) is 9.94 Å². The first-order valence-corrected chi connectivity index (χ1v) is 3.92. The summed E-state index contributed by atoms with van der Waals surface area (Å²) >= 11 is 0. The van der Waals surface area contributed by atoms with E-state index in [1.165, 1.54) is 12.1 Å². The van der Waals surface area contributed by atoms with E-state index in [4.69, 9.17) is 25.3 Å². The van der Waals surface area contributed by atoms with Crippen LogP contribution >= 0.6 is 0 Å². The zero-order valence-electron chi connectivity index (χ0n) is 7.77. The zero-order valence-corrected chi connectivity index (χ0v) is 7.77. The monoisotopic (exact) mass is 228 g/mol. The summed E-state index contributed by atoms with van der Waals surface area (Å²) in [5, 5.41) is 46.6. The molecule has 0 atom stereocenters. The second-order valence-corrected chi connectivity index (χ2v) is 2.65. The Morgan fingerprint density at radius 3 is 2.38 bits per heavy atom. The maximum Gasteiger partial charge on any atom is 0.290 e. The number of carbonyl (C=O) groups is 1. The molecule has 0 radical (unpaired) electrons. The van der Waals surface area contributed by atoms with Gasteiger partial charge in [-0.05, 0) is 12.1 Å². The molecule has 0 spiro atoms. The van der Waals surface area contributed by atoms with Crippen LogP contribution in [-0.2, 0) is 4.79 Å². The van der Waals surface area contributed by atoms with Crippen molar-refractivity contribution in [3.8, 4) is 17.4 Å². The molecule has 86 valence electrons. The molecule has 0 aliphatic carbocycles. The van der Waals surface area contributed by atoms with Gasteiger partial charge < -0.3 is 25.6 Å². The number of phenolic OH excluding ortho intramolecular Hbond substituents is 2. The molecule has 0 aliphatic rings. The van der Waals surface area contributed by atoms with E-state index in [-0.39, 0.29) is 23.1 Å². The van der Waals surface area contributed by atoms with Crippen molar-refractivity contribution in [2.75, 3.05) is 0 Å². The van der Waals surface area contributed by atoms with Gasteiger partial charge in [0, 0.05) is 0 Å². The normalized spacial score (nSPS) is 9.50. The highest BCUT2D eigenvalue weighted by atomic mass is 16.5. The van der Waals surface area contributed by atoms with E-state index >= 15 is 0 Å². The molecule has 0 saturated carbocycles. The van der Waals surface area contributed by atoms with Gasteiger partial charge in [0.05, 0.1) is 0 Å². The second kappa shape index (κ2) is 4.26. The number of fused-ring (bicyclic) bond motifs is 1. The Kier molecular flexibility index (Phi) is 3.04. The summed E-state index contributed by atoms with van der Waals surface area (Å²) in [7, 11) is 0. The summed E-state index contributed by atoms with van der Waals surface area (Å²) in [5.74, 6) is -1.42. The molecular weight excluding hydrogens is 220 g/mol. The molecule has 2 rings (SSSR count). The number of aromatic nitrogens is 2. The standard InChI is InChI=1S/C7H6N2O4.CH2O2/c10-4-2-1-3-5(6(4)11)7(12)8-9(3)13;2-1-3/h1-2,10-11,13H,(H,8,12);1H,(H,2,3). The lowest BCUT2D eigenvalue weighted by Crippen LogP contribution is -1.90. The third-order valence-corrected chi connectivity index (χ3v) is 1.76. The summed E-state index contributed by atoms with van der Waals surface area (Å²) in [6.07, 6.45) is 0.